The number of benzene rings is 2. The molecule has 0 spiro atoms. The van der Waals surface area contributed by atoms with Gasteiger partial charge in [-0.2, -0.15) is 0 Å². The molecule has 1 aliphatic heterocycles. The molecular weight excluding hydrogens is 412 g/mol. The Hall–Kier alpha value is -2.77. The average Bonchev–Trinajstić information content (AvgIpc) is 3.02. The molecule has 2 aromatic rings. The fraction of sp³-hybridized carbons (Fsp3) is 0.190. The minimum Gasteiger partial charge on any atom is -0.496 e. The Bertz CT molecular complexity index is 1000. The molecule has 1 saturated heterocycles. The van der Waals surface area contributed by atoms with Gasteiger partial charge in [-0.15, -0.1) is 0 Å². The van der Waals surface area contributed by atoms with Crippen LogP contribution in [0.4, 0.5) is 5.69 Å². The number of halogens is 1. The molecule has 1 amide bonds. The fourth-order valence-corrected chi connectivity index (χ4v) is 3.96. The molecule has 8 heteroatoms. The number of amidine groups is 1. The largest absolute Gasteiger partial charge is 0.496 e. The number of methoxy groups -OCH3 is 2. The summed E-state index contributed by atoms with van der Waals surface area (Å²) >= 11 is 7.37. The van der Waals surface area contributed by atoms with Crippen LogP contribution in [-0.2, 0) is 9.53 Å². The molecular formula is C21H19ClN2O4S. The van der Waals surface area contributed by atoms with E-state index >= 15 is 0 Å². The predicted octanol–water partition coefficient (Wildman–Crippen LogP) is 4.76. The molecule has 6 nitrogen and oxygen atoms in total. The SMILES string of the molecule is CCN1C(=O)C(=Cc2cc(Cl)ccc2OC)SC1=Nc1ccc(C(=O)OC)cc1. The molecule has 150 valence electrons. The lowest BCUT2D eigenvalue weighted by Gasteiger charge is -2.12. The molecule has 2 aromatic carbocycles. The molecule has 0 unspecified atom stereocenters. The van der Waals surface area contributed by atoms with Gasteiger partial charge >= 0.3 is 5.97 Å². The summed E-state index contributed by atoms with van der Waals surface area (Å²) < 4.78 is 10.1. The second kappa shape index (κ2) is 9.15. The van der Waals surface area contributed by atoms with E-state index in [1.165, 1.54) is 18.9 Å². The van der Waals surface area contributed by atoms with E-state index in [0.717, 1.165) is 5.56 Å². The van der Waals surface area contributed by atoms with Crippen molar-refractivity contribution in [3.8, 4) is 5.75 Å². The normalized spacial score (nSPS) is 16.6. The molecule has 1 heterocycles. The summed E-state index contributed by atoms with van der Waals surface area (Å²) in [6, 6.07) is 11.9. The molecule has 0 atom stereocenters. The number of esters is 1. The van der Waals surface area contributed by atoms with Crippen molar-refractivity contribution in [1.82, 2.24) is 4.90 Å². The first-order valence-corrected chi connectivity index (χ1v) is 9.98. The minimum atomic E-state index is -0.412. The van der Waals surface area contributed by atoms with E-state index in [9.17, 15) is 9.59 Å². The van der Waals surface area contributed by atoms with E-state index in [0.29, 0.717) is 38.6 Å². The van der Waals surface area contributed by atoms with E-state index in [-0.39, 0.29) is 5.91 Å². The summed E-state index contributed by atoms with van der Waals surface area (Å²) in [5.74, 6) is 0.0806. The van der Waals surface area contributed by atoms with Gasteiger partial charge in [0.1, 0.15) is 5.75 Å². The monoisotopic (exact) mass is 430 g/mol. The summed E-state index contributed by atoms with van der Waals surface area (Å²) in [5.41, 5.74) is 1.79. The van der Waals surface area contributed by atoms with Crippen molar-refractivity contribution in [3.05, 3.63) is 63.5 Å². The lowest BCUT2D eigenvalue weighted by Crippen LogP contribution is -2.28. The molecule has 0 aliphatic carbocycles. The van der Waals surface area contributed by atoms with Crippen LogP contribution in [0.2, 0.25) is 5.02 Å². The number of ether oxygens (including phenoxy) is 2. The highest BCUT2D eigenvalue weighted by molar-refractivity contribution is 8.18. The molecule has 3 rings (SSSR count). The van der Waals surface area contributed by atoms with Gasteiger partial charge < -0.3 is 9.47 Å². The lowest BCUT2D eigenvalue weighted by molar-refractivity contribution is -0.122. The first-order valence-electron chi connectivity index (χ1n) is 8.78. The Morgan fingerprint density at radius 3 is 2.55 bits per heavy atom. The Kier molecular flexibility index (Phi) is 6.61. The summed E-state index contributed by atoms with van der Waals surface area (Å²) in [6.07, 6.45) is 1.75. The predicted molar refractivity (Wildman–Crippen MR) is 116 cm³/mol. The highest BCUT2D eigenvalue weighted by Crippen LogP contribution is 2.36. The van der Waals surface area contributed by atoms with Gasteiger partial charge in [-0.05, 0) is 67.2 Å². The van der Waals surface area contributed by atoms with E-state index < -0.39 is 5.97 Å². The van der Waals surface area contributed by atoms with Crippen molar-refractivity contribution < 1.29 is 19.1 Å². The van der Waals surface area contributed by atoms with Crippen LogP contribution >= 0.6 is 23.4 Å². The number of carbonyl (C=O) groups excluding carboxylic acids is 2. The summed E-state index contributed by atoms with van der Waals surface area (Å²) in [7, 11) is 2.90. The topological polar surface area (TPSA) is 68.2 Å². The zero-order valence-corrected chi connectivity index (χ0v) is 17.7. The van der Waals surface area contributed by atoms with Crippen LogP contribution in [0, 0.1) is 0 Å². The van der Waals surface area contributed by atoms with Gasteiger partial charge in [0, 0.05) is 17.1 Å². The number of carbonyl (C=O) groups is 2. The molecule has 0 aromatic heterocycles. The fourth-order valence-electron chi connectivity index (χ4n) is 2.73. The number of amides is 1. The first kappa shape index (κ1) is 21.0. The maximum absolute atomic E-state index is 12.8. The number of hydrogen-bond acceptors (Lipinski definition) is 6. The number of rotatable bonds is 5. The van der Waals surface area contributed by atoms with E-state index in [4.69, 9.17) is 21.1 Å². The van der Waals surface area contributed by atoms with Crippen LogP contribution in [0.25, 0.3) is 6.08 Å². The molecule has 0 saturated carbocycles. The third-order valence-electron chi connectivity index (χ3n) is 4.20. The maximum Gasteiger partial charge on any atom is 0.337 e. The second-order valence-electron chi connectivity index (χ2n) is 5.98. The summed E-state index contributed by atoms with van der Waals surface area (Å²) in [4.78, 5) is 31.1. The van der Waals surface area contributed by atoms with Crippen LogP contribution < -0.4 is 4.74 Å². The van der Waals surface area contributed by atoms with Crippen LogP contribution in [0.15, 0.2) is 52.4 Å². The molecule has 29 heavy (non-hydrogen) atoms. The van der Waals surface area contributed by atoms with Gasteiger partial charge in [0.25, 0.3) is 5.91 Å². The van der Waals surface area contributed by atoms with Crippen molar-refractivity contribution >= 4 is 52.2 Å². The van der Waals surface area contributed by atoms with Crippen molar-refractivity contribution in [2.45, 2.75) is 6.92 Å². The first-order chi connectivity index (χ1) is 14.0. The third-order valence-corrected chi connectivity index (χ3v) is 5.44. The van der Waals surface area contributed by atoms with Gasteiger partial charge in [0.2, 0.25) is 0 Å². The zero-order valence-electron chi connectivity index (χ0n) is 16.1. The second-order valence-corrected chi connectivity index (χ2v) is 7.42. The van der Waals surface area contributed by atoms with Gasteiger partial charge in [0.05, 0.1) is 30.4 Å². The van der Waals surface area contributed by atoms with Gasteiger partial charge in [-0.1, -0.05) is 11.6 Å². The van der Waals surface area contributed by atoms with Crippen molar-refractivity contribution in [3.63, 3.8) is 0 Å². The highest BCUT2D eigenvalue weighted by atomic mass is 35.5. The van der Waals surface area contributed by atoms with Crippen LogP contribution in [0.1, 0.15) is 22.8 Å². The molecule has 0 radical (unpaired) electrons. The summed E-state index contributed by atoms with van der Waals surface area (Å²) in [6.45, 7) is 2.37. The smallest absolute Gasteiger partial charge is 0.337 e. The molecule has 1 aliphatic rings. The number of likely N-dealkylation sites (N-methyl/N-ethyl adjacent to an activating group) is 1. The van der Waals surface area contributed by atoms with E-state index in [2.05, 4.69) is 4.99 Å². The van der Waals surface area contributed by atoms with E-state index in [1.54, 1.807) is 60.6 Å². The number of aliphatic imine (C=N–C) groups is 1. The quantitative estimate of drug-likeness (QED) is 0.505. The van der Waals surface area contributed by atoms with Gasteiger partial charge in [-0.3, -0.25) is 9.69 Å². The number of thioether (sulfide) groups is 1. The minimum absolute atomic E-state index is 0.135. The van der Waals surface area contributed by atoms with Crippen molar-refractivity contribution in [2.75, 3.05) is 20.8 Å². The van der Waals surface area contributed by atoms with Crippen LogP contribution in [-0.4, -0.2) is 42.7 Å². The average molecular weight is 431 g/mol. The molecule has 0 N–H and O–H groups in total. The van der Waals surface area contributed by atoms with Crippen LogP contribution in [0.5, 0.6) is 5.75 Å². The summed E-state index contributed by atoms with van der Waals surface area (Å²) in [5, 5.41) is 1.12. The third kappa shape index (κ3) is 4.63. The highest BCUT2D eigenvalue weighted by Gasteiger charge is 2.32. The van der Waals surface area contributed by atoms with Gasteiger partial charge in [-0.25, -0.2) is 9.79 Å². The Morgan fingerprint density at radius 2 is 1.93 bits per heavy atom. The molecule has 0 bridgehead atoms. The molecule has 1 fully saturated rings. The van der Waals surface area contributed by atoms with Crippen molar-refractivity contribution in [2.24, 2.45) is 4.99 Å². The number of hydrogen-bond donors (Lipinski definition) is 0. The number of nitrogens with zero attached hydrogens (tertiary/aromatic N) is 2. The standard InChI is InChI=1S/C21H19ClN2O4S/c1-4-24-19(25)18(12-14-11-15(22)7-10-17(14)27-2)29-21(24)23-16-8-5-13(6-9-16)20(26)28-3/h5-12H,4H2,1-3H3. The maximum atomic E-state index is 12.8. The van der Waals surface area contributed by atoms with E-state index in [1.807, 2.05) is 6.92 Å². The zero-order chi connectivity index (χ0) is 21.0. The van der Waals surface area contributed by atoms with Gasteiger partial charge in [0.15, 0.2) is 5.17 Å². The Morgan fingerprint density at radius 1 is 1.21 bits per heavy atom. The Balaban J connectivity index is 1.92. The lowest BCUT2D eigenvalue weighted by atomic mass is 10.2. The van der Waals surface area contributed by atoms with Crippen LogP contribution in [0.3, 0.4) is 0 Å². The van der Waals surface area contributed by atoms with Crippen molar-refractivity contribution in [1.29, 1.82) is 0 Å². The Labute approximate surface area is 178 Å².